The van der Waals surface area contributed by atoms with E-state index in [9.17, 15) is 9.59 Å². The second-order valence-corrected chi connectivity index (χ2v) is 8.37. The molecule has 1 N–H and O–H groups in total. The summed E-state index contributed by atoms with van der Waals surface area (Å²) in [7, 11) is 0. The van der Waals surface area contributed by atoms with Crippen molar-refractivity contribution in [2.45, 2.75) is 32.8 Å². The third kappa shape index (κ3) is 5.29. The molecule has 1 aromatic carbocycles. The van der Waals surface area contributed by atoms with Gasteiger partial charge >= 0.3 is 0 Å². The highest BCUT2D eigenvalue weighted by molar-refractivity contribution is 9.10. The normalized spacial score (nSPS) is 16.0. The van der Waals surface area contributed by atoms with Gasteiger partial charge in [-0.15, -0.1) is 11.3 Å². The maximum atomic E-state index is 12.6. The van der Waals surface area contributed by atoms with Gasteiger partial charge in [-0.3, -0.25) is 9.59 Å². The molecule has 0 saturated carbocycles. The van der Waals surface area contributed by atoms with E-state index < -0.39 is 6.10 Å². The summed E-state index contributed by atoms with van der Waals surface area (Å²) < 4.78 is 6.70. The second kappa shape index (κ2) is 8.84. The quantitative estimate of drug-likeness (QED) is 0.748. The minimum Gasteiger partial charge on any atom is -0.481 e. The molecule has 8 heteroatoms. The van der Waals surface area contributed by atoms with Crippen molar-refractivity contribution in [2.75, 3.05) is 18.4 Å². The Hall–Kier alpha value is -1.93. The molecular formula is C19H22BrN3O3S. The summed E-state index contributed by atoms with van der Waals surface area (Å²) in [5.74, 6) is 0.496. The molecule has 1 unspecified atom stereocenters. The SMILES string of the molecule is Cc1csc(NC(=O)C2CCN(C(=O)C(C)Oc3ccc(Br)cc3)CC2)n1. The van der Waals surface area contributed by atoms with Gasteiger partial charge in [-0.2, -0.15) is 0 Å². The highest BCUT2D eigenvalue weighted by Crippen LogP contribution is 2.23. The Morgan fingerprint density at radius 1 is 1.30 bits per heavy atom. The van der Waals surface area contributed by atoms with Crippen LogP contribution in [0.5, 0.6) is 5.75 Å². The molecule has 6 nitrogen and oxygen atoms in total. The summed E-state index contributed by atoms with van der Waals surface area (Å²) in [6.45, 7) is 4.77. The van der Waals surface area contributed by atoms with Crippen LogP contribution >= 0.6 is 27.3 Å². The lowest BCUT2D eigenvalue weighted by molar-refractivity contribution is -0.140. The Bertz CT molecular complexity index is 801. The van der Waals surface area contributed by atoms with Gasteiger partial charge in [0.2, 0.25) is 5.91 Å². The Kier molecular flexibility index (Phi) is 6.49. The molecule has 1 aromatic heterocycles. The highest BCUT2D eigenvalue weighted by atomic mass is 79.9. The summed E-state index contributed by atoms with van der Waals surface area (Å²) in [6.07, 6.45) is 0.731. The number of carbonyl (C=O) groups excluding carboxylic acids is 2. The number of halogens is 1. The standard InChI is InChI=1S/C19H22BrN3O3S/c1-12-11-27-19(21-12)22-17(24)14-7-9-23(10-8-14)18(25)13(2)26-16-5-3-15(20)4-6-16/h3-6,11,13-14H,7-10H2,1-2H3,(H,21,22,24). The van der Waals surface area contributed by atoms with Crippen molar-refractivity contribution < 1.29 is 14.3 Å². The molecule has 144 valence electrons. The number of amides is 2. The topological polar surface area (TPSA) is 71.5 Å². The number of aromatic nitrogens is 1. The average Bonchev–Trinajstić information content (AvgIpc) is 3.07. The lowest BCUT2D eigenvalue weighted by atomic mass is 9.95. The number of hydrogen-bond acceptors (Lipinski definition) is 5. The van der Waals surface area contributed by atoms with Crippen LogP contribution in [0.25, 0.3) is 0 Å². The molecule has 1 aliphatic rings. The number of rotatable bonds is 5. The number of thiazole rings is 1. The zero-order valence-electron chi connectivity index (χ0n) is 15.3. The zero-order valence-corrected chi connectivity index (χ0v) is 17.7. The fourth-order valence-electron chi connectivity index (χ4n) is 3.01. The minimum absolute atomic E-state index is 0.0180. The fraction of sp³-hybridized carbons (Fsp3) is 0.421. The van der Waals surface area contributed by atoms with E-state index >= 15 is 0 Å². The predicted octanol–water partition coefficient (Wildman–Crippen LogP) is 3.86. The number of hydrogen-bond donors (Lipinski definition) is 1. The molecular weight excluding hydrogens is 430 g/mol. The lowest BCUT2D eigenvalue weighted by Crippen LogP contribution is -2.46. The monoisotopic (exact) mass is 451 g/mol. The molecule has 2 heterocycles. The molecule has 1 atom stereocenters. The van der Waals surface area contributed by atoms with E-state index in [4.69, 9.17) is 4.74 Å². The fourth-order valence-corrected chi connectivity index (χ4v) is 3.96. The molecule has 1 saturated heterocycles. The molecule has 3 rings (SSSR count). The Labute approximate surface area is 171 Å². The molecule has 2 aromatic rings. The van der Waals surface area contributed by atoms with Gasteiger partial charge < -0.3 is 15.0 Å². The van der Waals surface area contributed by atoms with E-state index in [1.165, 1.54) is 11.3 Å². The maximum Gasteiger partial charge on any atom is 0.263 e. The number of nitrogens with zero attached hydrogens (tertiary/aromatic N) is 2. The van der Waals surface area contributed by atoms with Crippen molar-refractivity contribution in [1.29, 1.82) is 0 Å². The maximum absolute atomic E-state index is 12.6. The van der Waals surface area contributed by atoms with Gasteiger partial charge in [0.15, 0.2) is 11.2 Å². The van der Waals surface area contributed by atoms with Crippen molar-refractivity contribution in [3.8, 4) is 5.75 Å². The van der Waals surface area contributed by atoms with E-state index in [-0.39, 0.29) is 17.7 Å². The van der Waals surface area contributed by atoms with Crippen LogP contribution < -0.4 is 10.1 Å². The van der Waals surface area contributed by atoms with Gasteiger partial charge in [0, 0.05) is 28.9 Å². The summed E-state index contributed by atoms with van der Waals surface area (Å²) in [4.78, 5) is 31.0. The minimum atomic E-state index is -0.560. The van der Waals surface area contributed by atoms with E-state index in [0.29, 0.717) is 36.8 Å². The van der Waals surface area contributed by atoms with E-state index in [1.54, 1.807) is 11.8 Å². The number of carbonyl (C=O) groups is 2. The summed E-state index contributed by atoms with van der Waals surface area (Å²) in [6, 6.07) is 7.40. The molecule has 0 spiro atoms. The number of nitrogens with one attached hydrogen (secondary N) is 1. The van der Waals surface area contributed by atoms with Crippen LogP contribution in [0.2, 0.25) is 0 Å². The van der Waals surface area contributed by atoms with Crippen LogP contribution in [0.1, 0.15) is 25.5 Å². The first-order chi connectivity index (χ1) is 12.9. The van der Waals surface area contributed by atoms with Gasteiger partial charge in [0.25, 0.3) is 5.91 Å². The molecule has 0 bridgehead atoms. The predicted molar refractivity (Wildman–Crippen MR) is 109 cm³/mol. The molecule has 1 aliphatic heterocycles. The number of ether oxygens (including phenoxy) is 1. The summed E-state index contributed by atoms with van der Waals surface area (Å²) in [5, 5.41) is 5.41. The molecule has 2 amide bonds. The van der Waals surface area contributed by atoms with E-state index in [0.717, 1.165) is 10.2 Å². The Morgan fingerprint density at radius 2 is 1.96 bits per heavy atom. The van der Waals surface area contributed by atoms with Crippen molar-refractivity contribution in [3.05, 3.63) is 39.8 Å². The third-order valence-electron chi connectivity index (χ3n) is 4.50. The average molecular weight is 452 g/mol. The van der Waals surface area contributed by atoms with Gasteiger partial charge in [0.1, 0.15) is 5.75 Å². The van der Waals surface area contributed by atoms with Gasteiger partial charge in [0.05, 0.1) is 5.69 Å². The zero-order chi connectivity index (χ0) is 19.4. The summed E-state index contributed by atoms with van der Waals surface area (Å²) >= 11 is 4.80. The largest absolute Gasteiger partial charge is 0.481 e. The van der Waals surface area contributed by atoms with Gasteiger partial charge in [-0.25, -0.2) is 4.98 Å². The highest BCUT2D eigenvalue weighted by Gasteiger charge is 2.30. The van der Waals surface area contributed by atoms with Crippen molar-refractivity contribution in [3.63, 3.8) is 0 Å². The molecule has 0 radical (unpaired) electrons. The molecule has 0 aliphatic carbocycles. The van der Waals surface area contributed by atoms with Crippen LogP contribution in [-0.2, 0) is 9.59 Å². The third-order valence-corrected chi connectivity index (χ3v) is 5.91. The lowest BCUT2D eigenvalue weighted by Gasteiger charge is -2.32. The van der Waals surface area contributed by atoms with Crippen LogP contribution in [0.3, 0.4) is 0 Å². The number of aryl methyl sites for hydroxylation is 1. The van der Waals surface area contributed by atoms with Crippen LogP contribution in [0, 0.1) is 12.8 Å². The van der Waals surface area contributed by atoms with Crippen molar-refractivity contribution in [2.24, 2.45) is 5.92 Å². The number of benzene rings is 1. The van der Waals surface area contributed by atoms with Crippen LogP contribution in [-0.4, -0.2) is 40.9 Å². The first-order valence-corrected chi connectivity index (χ1v) is 10.5. The summed E-state index contributed by atoms with van der Waals surface area (Å²) in [5.41, 5.74) is 0.899. The van der Waals surface area contributed by atoms with E-state index in [2.05, 4.69) is 26.2 Å². The van der Waals surface area contributed by atoms with Crippen molar-refractivity contribution >= 4 is 44.2 Å². The molecule has 1 fully saturated rings. The smallest absolute Gasteiger partial charge is 0.263 e. The second-order valence-electron chi connectivity index (χ2n) is 6.60. The van der Waals surface area contributed by atoms with Crippen molar-refractivity contribution in [1.82, 2.24) is 9.88 Å². The van der Waals surface area contributed by atoms with Gasteiger partial charge in [-0.1, -0.05) is 15.9 Å². The first-order valence-electron chi connectivity index (χ1n) is 8.86. The van der Waals surface area contributed by atoms with E-state index in [1.807, 2.05) is 36.6 Å². The van der Waals surface area contributed by atoms with Crippen LogP contribution in [0.15, 0.2) is 34.1 Å². The Morgan fingerprint density at radius 3 is 2.56 bits per heavy atom. The van der Waals surface area contributed by atoms with Crippen LogP contribution in [0.4, 0.5) is 5.13 Å². The first kappa shape index (κ1) is 19.8. The number of likely N-dealkylation sites (tertiary alicyclic amines) is 1. The number of anilines is 1. The number of piperidine rings is 1. The molecule has 27 heavy (non-hydrogen) atoms. The Balaban J connectivity index is 1.48. The van der Waals surface area contributed by atoms with Gasteiger partial charge in [-0.05, 0) is 51.0 Å².